The van der Waals surface area contributed by atoms with Crippen LogP contribution in [0.4, 0.5) is 5.95 Å². The highest BCUT2D eigenvalue weighted by molar-refractivity contribution is 5.31. The van der Waals surface area contributed by atoms with Crippen molar-refractivity contribution in [2.24, 2.45) is 0 Å². The third kappa shape index (κ3) is 5.00. The normalized spacial score (nSPS) is 19.5. The Kier molecular flexibility index (Phi) is 6.39. The lowest BCUT2D eigenvalue weighted by atomic mass is 10.1. The van der Waals surface area contributed by atoms with E-state index in [2.05, 4.69) is 33.0 Å². The lowest BCUT2D eigenvalue weighted by molar-refractivity contribution is 0.0674. The van der Waals surface area contributed by atoms with Crippen LogP contribution in [-0.2, 0) is 17.8 Å². The fraction of sp³-hybridized carbons (Fsp3) is 0.545. The van der Waals surface area contributed by atoms with Gasteiger partial charge in [0.05, 0.1) is 18.9 Å². The van der Waals surface area contributed by atoms with Crippen molar-refractivity contribution < 1.29 is 9.47 Å². The van der Waals surface area contributed by atoms with Gasteiger partial charge in [0.2, 0.25) is 5.95 Å². The standard InChI is InChI=1S/C22H30N4O2/c1-27-20-7-4-6-18(14-20)15-25(17-21-8-5-13-28-21)16-19-9-10-23-22(24-19)26-11-2-3-12-26/h4,6-7,9-10,14,21H,2-3,5,8,11-13,15-17H2,1H3/t21-/m1/s1. The van der Waals surface area contributed by atoms with E-state index in [1.54, 1.807) is 7.11 Å². The number of aromatic nitrogens is 2. The zero-order valence-electron chi connectivity index (χ0n) is 16.7. The van der Waals surface area contributed by atoms with E-state index in [9.17, 15) is 0 Å². The van der Waals surface area contributed by atoms with Crippen molar-refractivity contribution in [2.75, 3.05) is 38.3 Å². The highest BCUT2D eigenvalue weighted by Crippen LogP contribution is 2.20. The number of hydrogen-bond acceptors (Lipinski definition) is 6. The molecule has 1 aromatic carbocycles. The van der Waals surface area contributed by atoms with Crippen molar-refractivity contribution in [3.8, 4) is 5.75 Å². The number of anilines is 1. The molecule has 3 heterocycles. The van der Waals surface area contributed by atoms with Crippen LogP contribution < -0.4 is 9.64 Å². The number of methoxy groups -OCH3 is 1. The van der Waals surface area contributed by atoms with E-state index in [1.165, 1.54) is 18.4 Å². The first kappa shape index (κ1) is 19.2. The molecule has 1 aromatic heterocycles. The second-order valence-corrected chi connectivity index (χ2v) is 7.70. The number of benzene rings is 1. The largest absolute Gasteiger partial charge is 0.497 e. The summed E-state index contributed by atoms with van der Waals surface area (Å²) in [5.74, 6) is 1.77. The first-order valence-corrected chi connectivity index (χ1v) is 10.3. The van der Waals surface area contributed by atoms with Crippen molar-refractivity contribution >= 4 is 5.95 Å². The molecule has 0 amide bonds. The molecule has 2 fully saturated rings. The van der Waals surface area contributed by atoms with Gasteiger partial charge in [-0.05, 0) is 49.4 Å². The lowest BCUT2D eigenvalue weighted by Gasteiger charge is -2.25. The van der Waals surface area contributed by atoms with Crippen molar-refractivity contribution in [2.45, 2.75) is 44.9 Å². The first-order valence-electron chi connectivity index (χ1n) is 10.3. The van der Waals surface area contributed by atoms with Gasteiger partial charge in [-0.1, -0.05) is 12.1 Å². The summed E-state index contributed by atoms with van der Waals surface area (Å²) in [6.45, 7) is 5.56. The van der Waals surface area contributed by atoms with Gasteiger partial charge < -0.3 is 14.4 Å². The van der Waals surface area contributed by atoms with Gasteiger partial charge in [0.15, 0.2) is 0 Å². The number of nitrogens with zero attached hydrogens (tertiary/aromatic N) is 4. The number of hydrogen-bond donors (Lipinski definition) is 0. The molecular weight excluding hydrogens is 352 g/mol. The van der Waals surface area contributed by atoms with Crippen LogP contribution in [0.1, 0.15) is 36.9 Å². The minimum Gasteiger partial charge on any atom is -0.497 e. The third-order valence-electron chi connectivity index (χ3n) is 5.50. The first-order chi connectivity index (χ1) is 13.8. The molecule has 1 atom stereocenters. The Labute approximate surface area is 167 Å². The van der Waals surface area contributed by atoms with Crippen LogP contribution in [0.15, 0.2) is 36.5 Å². The Balaban J connectivity index is 1.48. The van der Waals surface area contributed by atoms with Crippen molar-refractivity contribution in [1.29, 1.82) is 0 Å². The predicted molar refractivity (Wildman–Crippen MR) is 110 cm³/mol. The second kappa shape index (κ2) is 9.34. The third-order valence-corrected chi connectivity index (χ3v) is 5.50. The van der Waals surface area contributed by atoms with Crippen LogP contribution in [0.5, 0.6) is 5.75 Å². The van der Waals surface area contributed by atoms with Crippen LogP contribution >= 0.6 is 0 Å². The predicted octanol–water partition coefficient (Wildman–Crippen LogP) is 3.27. The number of ether oxygens (including phenoxy) is 2. The molecule has 150 valence electrons. The zero-order valence-corrected chi connectivity index (χ0v) is 16.7. The van der Waals surface area contributed by atoms with E-state index >= 15 is 0 Å². The van der Waals surface area contributed by atoms with Crippen LogP contribution in [0.3, 0.4) is 0 Å². The molecule has 0 spiro atoms. The topological polar surface area (TPSA) is 50.7 Å². The van der Waals surface area contributed by atoms with E-state index < -0.39 is 0 Å². The molecule has 0 bridgehead atoms. The molecular formula is C22H30N4O2. The summed E-state index contributed by atoms with van der Waals surface area (Å²) in [6, 6.07) is 10.3. The summed E-state index contributed by atoms with van der Waals surface area (Å²) < 4.78 is 11.3. The molecule has 0 unspecified atom stereocenters. The van der Waals surface area contributed by atoms with Gasteiger partial charge in [0.25, 0.3) is 0 Å². The molecule has 4 rings (SSSR count). The molecule has 28 heavy (non-hydrogen) atoms. The fourth-order valence-electron chi connectivity index (χ4n) is 4.06. The summed E-state index contributed by atoms with van der Waals surface area (Å²) in [6.07, 6.45) is 6.96. The summed E-state index contributed by atoms with van der Waals surface area (Å²) in [5, 5.41) is 0. The molecule has 2 aliphatic rings. The van der Waals surface area contributed by atoms with E-state index in [1.807, 2.05) is 18.3 Å². The fourth-order valence-corrected chi connectivity index (χ4v) is 4.06. The second-order valence-electron chi connectivity index (χ2n) is 7.70. The summed E-state index contributed by atoms with van der Waals surface area (Å²) in [5.41, 5.74) is 2.31. The maximum atomic E-state index is 5.90. The van der Waals surface area contributed by atoms with Gasteiger partial charge in [0, 0.05) is 45.5 Å². The molecule has 2 aliphatic heterocycles. The van der Waals surface area contributed by atoms with Crippen molar-refractivity contribution in [3.05, 3.63) is 47.8 Å². The van der Waals surface area contributed by atoms with E-state index in [-0.39, 0.29) is 0 Å². The Morgan fingerprint density at radius 2 is 2.07 bits per heavy atom. The highest BCUT2D eigenvalue weighted by atomic mass is 16.5. The molecule has 6 nitrogen and oxygen atoms in total. The smallest absolute Gasteiger partial charge is 0.225 e. The van der Waals surface area contributed by atoms with E-state index in [0.29, 0.717) is 6.10 Å². The van der Waals surface area contributed by atoms with Crippen LogP contribution in [-0.4, -0.2) is 54.3 Å². The van der Waals surface area contributed by atoms with Gasteiger partial charge in [-0.25, -0.2) is 9.97 Å². The van der Waals surface area contributed by atoms with Crippen molar-refractivity contribution in [1.82, 2.24) is 14.9 Å². The van der Waals surface area contributed by atoms with Crippen LogP contribution in [0.2, 0.25) is 0 Å². The van der Waals surface area contributed by atoms with Crippen molar-refractivity contribution in [3.63, 3.8) is 0 Å². The molecule has 2 saturated heterocycles. The lowest BCUT2D eigenvalue weighted by Crippen LogP contribution is -2.32. The van der Waals surface area contributed by atoms with Gasteiger partial charge in [-0.3, -0.25) is 4.90 Å². The van der Waals surface area contributed by atoms with E-state index in [0.717, 1.165) is 69.6 Å². The van der Waals surface area contributed by atoms with Gasteiger partial charge in [0.1, 0.15) is 5.75 Å². The maximum absolute atomic E-state index is 5.90. The molecule has 6 heteroatoms. The maximum Gasteiger partial charge on any atom is 0.225 e. The Morgan fingerprint density at radius 3 is 2.86 bits per heavy atom. The average molecular weight is 383 g/mol. The summed E-state index contributed by atoms with van der Waals surface area (Å²) >= 11 is 0. The Bertz CT molecular complexity index is 758. The zero-order chi connectivity index (χ0) is 19.2. The molecule has 2 aromatic rings. The minimum atomic E-state index is 0.311. The van der Waals surface area contributed by atoms with Crippen LogP contribution in [0, 0.1) is 0 Å². The van der Waals surface area contributed by atoms with E-state index in [4.69, 9.17) is 14.5 Å². The summed E-state index contributed by atoms with van der Waals surface area (Å²) in [7, 11) is 1.71. The summed E-state index contributed by atoms with van der Waals surface area (Å²) in [4.78, 5) is 14.1. The molecule has 0 aliphatic carbocycles. The Morgan fingerprint density at radius 1 is 1.18 bits per heavy atom. The minimum absolute atomic E-state index is 0.311. The number of rotatable bonds is 8. The molecule has 0 N–H and O–H groups in total. The van der Waals surface area contributed by atoms with Gasteiger partial charge in [-0.2, -0.15) is 0 Å². The van der Waals surface area contributed by atoms with Gasteiger partial charge >= 0.3 is 0 Å². The van der Waals surface area contributed by atoms with Crippen LogP contribution in [0.25, 0.3) is 0 Å². The Hall–Kier alpha value is -2.18. The molecule has 0 saturated carbocycles. The average Bonchev–Trinajstić information content (AvgIpc) is 3.42. The quantitative estimate of drug-likeness (QED) is 0.698. The highest BCUT2D eigenvalue weighted by Gasteiger charge is 2.21. The SMILES string of the molecule is COc1cccc(CN(Cc2ccnc(N3CCCC3)n2)C[C@H]2CCCO2)c1. The van der Waals surface area contributed by atoms with Gasteiger partial charge in [-0.15, -0.1) is 0 Å². The molecule has 0 radical (unpaired) electrons. The monoisotopic (exact) mass is 382 g/mol.